The summed E-state index contributed by atoms with van der Waals surface area (Å²) in [4.78, 5) is 27.2. The Labute approximate surface area is 87.6 Å². The third kappa shape index (κ3) is 1.93. The van der Waals surface area contributed by atoms with Gasteiger partial charge in [0.2, 0.25) is 5.95 Å². The van der Waals surface area contributed by atoms with Crippen LogP contribution in [0.2, 0.25) is 0 Å². The second kappa shape index (κ2) is 4.29. The van der Waals surface area contributed by atoms with Crippen LogP contribution in [0.25, 0.3) is 0 Å². The largest absolute Gasteiger partial charge is 0.358 e. The fraction of sp³-hybridized carbons (Fsp3) is 0.667. The number of anilines is 1. The number of nitrogens with zero attached hydrogens (tertiary/aromatic N) is 3. The van der Waals surface area contributed by atoms with Crippen LogP contribution >= 0.6 is 0 Å². The molecule has 0 spiro atoms. The monoisotopic (exact) mass is 212 g/mol. The van der Waals surface area contributed by atoms with E-state index in [1.54, 1.807) is 14.1 Å². The van der Waals surface area contributed by atoms with Gasteiger partial charge in [0, 0.05) is 20.1 Å². The van der Waals surface area contributed by atoms with Crippen LogP contribution in [-0.4, -0.2) is 21.2 Å². The van der Waals surface area contributed by atoms with E-state index in [0.29, 0.717) is 0 Å². The van der Waals surface area contributed by atoms with Gasteiger partial charge in [0.05, 0.1) is 0 Å². The maximum absolute atomic E-state index is 11.8. The summed E-state index contributed by atoms with van der Waals surface area (Å²) in [6, 6.07) is -0.130. The summed E-state index contributed by atoms with van der Waals surface area (Å²) in [6.45, 7) is 3.74. The van der Waals surface area contributed by atoms with Crippen molar-refractivity contribution < 1.29 is 0 Å². The maximum atomic E-state index is 11.8. The van der Waals surface area contributed by atoms with Crippen molar-refractivity contribution in [2.24, 2.45) is 7.05 Å². The normalized spacial score (nSPS) is 12.5. The Morgan fingerprint density at radius 3 is 2.53 bits per heavy atom. The Kier molecular flexibility index (Phi) is 3.28. The predicted octanol–water partition coefficient (Wildman–Crippen LogP) is -0.0453. The van der Waals surface area contributed by atoms with Crippen LogP contribution in [0, 0.1) is 0 Å². The molecule has 1 aromatic heterocycles. The van der Waals surface area contributed by atoms with E-state index >= 15 is 0 Å². The molecular weight excluding hydrogens is 196 g/mol. The molecule has 0 aromatic carbocycles. The van der Waals surface area contributed by atoms with Gasteiger partial charge >= 0.3 is 11.4 Å². The van der Waals surface area contributed by atoms with E-state index in [2.05, 4.69) is 10.3 Å². The van der Waals surface area contributed by atoms with Gasteiger partial charge in [0.15, 0.2) is 0 Å². The highest BCUT2D eigenvalue weighted by atomic mass is 16.2. The molecule has 1 aromatic rings. The summed E-state index contributed by atoms with van der Waals surface area (Å²) in [6.07, 6.45) is 0.718. The maximum Gasteiger partial charge on any atom is 0.355 e. The lowest BCUT2D eigenvalue weighted by atomic mass is 10.3. The third-order valence-electron chi connectivity index (χ3n) is 2.47. The van der Waals surface area contributed by atoms with Gasteiger partial charge in [-0.2, -0.15) is 4.98 Å². The SMILES string of the molecule is CCC(C)n1c(=O)nc(NC)n(C)c1=O. The van der Waals surface area contributed by atoms with Crippen molar-refractivity contribution in [1.29, 1.82) is 0 Å². The molecule has 1 atom stereocenters. The van der Waals surface area contributed by atoms with Crippen LogP contribution < -0.4 is 16.7 Å². The van der Waals surface area contributed by atoms with Gasteiger partial charge in [-0.05, 0) is 13.3 Å². The molecule has 0 saturated carbocycles. The second-order valence-corrected chi connectivity index (χ2v) is 3.44. The molecule has 1 heterocycles. The summed E-state index contributed by atoms with van der Waals surface area (Å²) < 4.78 is 2.49. The van der Waals surface area contributed by atoms with Gasteiger partial charge < -0.3 is 5.32 Å². The molecule has 0 radical (unpaired) electrons. The quantitative estimate of drug-likeness (QED) is 0.763. The first kappa shape index (κ1) is 11.5. The number of nitrogens with one attached hydrogen (secondary N) is 1. The molecule has 6 nitrogen and oxygen atoms in total. The Balaban J connectivity index is 3.50. The summed E-state index contributed by atoms with van der Waals surface area (Å²) >= 11 is 0. The van der Waals surface area contributed by atoms with E-state index in [1.807, 2.05) is 13.8 Å². The molecule has 1 N–H and O–H groups in total. The van der Waals surface area contributed by atoms with Gasteiger partial charge in [-0.15, -0.1) is 0 Å². The van der Waals surface area contributed by atoms with E-state index < -0.39 is 5.69 Å². The molecule has 1 unspecified atom stereocenters. The average Bonchev–Trinajstić information content (AvgIpc) is 2.23. The van der Waals surface area contributed by atoms with E-state index in [-0.39, 0.29) is 17.7 Å². The molecule has 0 bridgehead atoms. The lowest BCUT2D eigenvalue weighted by molar-refractivity contribution is 0.461. The smallest absolute Gasteiger partial charge is 0.355 e. The van der Waals surface area contributed by atoms with Crippen LogP contribution in [-0.2, 0) is 7.05 Å². The second-order valence-electron chi connectivity index (χ2n) is 3.44. The summed E-state index contributed by atoms with van der Waals surface area (Å²) in [5.74, 6) is 0.282. The predicted molar refractivity (Wildman–Crippen MR) is 58.3 cm³/mol. The fourth-order valence-electron chi connectivity index (χ4n) is 1.34. The molecule has 6 heteroatoms. The van der Waals surface area contributed by atoms with Crippen molar-refractivity contribution in [2.45, 2.75) is 26.3 Å². The summed E-state index contributed by atoms with van der Waals surface area (Å²) in [5.41, 5.74) is -0.842. The standard InChI is InChI=1S/C9H16N4O2/c1-5-6(2)13-8(14)11-7(10-3)12(4)9(13)15/h6H,5H2,1-4H3,(H,10,11,14). The van der Waals surface area contributed by atoms with E-state index in [4.69, 9.17) is 0 Å². The highest BCUT2D eigenvalue weighted by Gasteiger charge is 2.13. The Bertz CT molecular complexity index is 460. The Hall–Kier alpha value is -1.59. The lowest BCUT2D eigenvalue weighted by Gasteiger charge is -2.14. The molecule has 0 aliphatic rings. The fourth-order valence-corrected chi connectivity index (χ4v) is 1.34. The van der Waals surface area contributed by atoms with Gasteiger partial charge in [0.1, 0.15) is 0 Å². The zero-order chi connectivity index (χ0) is 11.6. The number of hydrogen-bond donors (Lipinski definition) is 1. The Morgan fingerprint density at radius 1 is 1.47 bits per heavy atom. The van der Waals surface area contributed by atoms with E-state index in [0.717, 1.165) is 6.42 Å². The minimum Gasteiger partial charge on any atom is -0.358 e. The lowest BCUT2D eigenvalue weighted by Crippen LogP contribution is -2.43. The van der Waals surface area contributed by atoms with E-state index in [1.165, 1.54) is 9.13 Å². The minimum absolute atomic E-state index is 0.130. The molecular formula is C9H16N4O2. The van der Waals surface area contributed by atoms with Crippen LogP contribution in [0.15, 0.2) is 9.59 Å². The Morgan fingerprint density at radius 2 is 2.07 bits per heavy atom. The molecule has 15 heavy (non-hydrogen) atoms. The topological polar surface area (TPSA) is 68.9 Å². The third-order valence-corrected chi connectivity index (χ3v) is 2.47. The van der Waals surface area contributed by atoms with Crippen molar-refractivity contribution in [3.63, 3.8) is 0 Å². The van der Waals surface area contributed by atoms with Crippen LogP contribution in [0.1, 0.15) is 26.3 Å². The van der Waals surface area contributed by atoms with E-state index in [9.17, 15) is 9.59 Å². The first-order valence-electron chi connectivity index (χ1n) is 4.90. The molecule has 0 saturated heterocycles. The van der Waals surface area contributed by atoms with Crippen molar-refractivity contribution in [1.82, 2.24) is 14.1 Å². The number of hydrogen-bond acceptors (Lipinski definition) is 4. The number of aromatic nitrogens is 3. The van der Waals surface area contributed by atoms with Crippen molar-refractivity contribution >= 4 is 5.95 Å². The number of rotatable bonds is 3. The van der Waals surface area contributed by atoms with Crippen LogP contribution in [0.5, 0.6) is 0 Å². The minimum atomic E-state index is -0.503. The zero-order valence-electron chi connectivity index (χ0n) is 9.44. The van der Waals surface area contributed by atoms with Crippen LogP contribution in [0.4, 0.5) is 5.95 Å². The molecule has 0 fully saturated rings. The zero-order valence-corrected chi connectivity index (χ0v) is 9.44. The van der Waals surface area contributed by atoms with Gasteiger partial charge in [-0.1, -0.05) is 6.92 Å². The van der Waals surface area contributed by atoms with Gasteiger partial charge in [0.25, 0.3) is 0 Å². The molecule has 0 amide bonds. The summed E-state index contributed by atoms with van der Waals surface area (Å²) in [7, 11) is 3.20. The molecule has 84 valence electrons. The van der Waals surface area contributed by atoms with Crippen molar-refractivity contribution in [3.05, 3.63) is 21.0 Å². The highest BCUT2D eigenvalue weighted by Crippen LogP contribution is 2.03. The first-order valence-corrected chi connectivity index (χ1v) is 4.90. The van der Waals surface area contributed by atoms with Gasteiger partial charge in [-0.25, -0.2) is 14.2 Å². The summed E-state index contributed by atoms with van der Waals surface area (Å²) in [5, 5.41) is 2.70. The van der Waals surface area contributed by atoms with Crippen molar-refractivity contribution in [2.75, 3.05) is 12.4 Å². The van der Waals surface area contributed by atoms with Crippen LogP contribution in [0.3, 0.4) is 0 Å². The average molecular weight is 212 g/mol. The van der Waals surface area contributed by atoms with Gasteiger partial charge in [-0.3, -0.25) is 4.57 Å². The van der Waals surface area contributed by atoms with Crippen molar-refractivity contribution in [3.8, 4) is 0 Å². The molecule has 0 aliphatic carbocycles. The molecule has 1 rings (SSSR count). The molecule has 0 aliphatic heterocycles. The first-order chi connectivity index (χ1) is 7.02. The highest BCUT2D eigenvalue weighted by molar-refractivity contribution is 5.21.